The summed E-state index contributed by atoms with van der Waals surface area (Å²) in [4.78, 5) is 21.0. The first kappa shape index (κ1) is 23.3. The molecule has 19 heavy (non-hydrogen) atoms. The first-order chi connectivity index (χ1) is 7.70. The van der Waals surface area contributed by atoms with Gasteiger partial charge in [0.1, 0.15) is 0 Å². The van der Waals surface area contributed by atoms with Crippen molar-refractivity contribution in [2.75, 3.05) is 6.26 Å². The topological polar surface area (TPSA) is 63.2 Å². The Kier molecular flexibility index (Phi) is 11.4. The first-order valence-corrected chi connectivity index (χ1v) is 8.11. The van der Waals surface area contributed by atoms with Crippen LogP contribution >= 0.6 is 35.3 Å². The number of hydrogen-bond donors (Lipinski definition) is 0. The minimum absolute atomic E-state index is 0. The molecule has 0 aliphatic rings. The maximum absolute atomic E-state index is 13.3. The van der Waals surface area contributed by atoms with Gasteiger partial charge in [-0.05, 0) is 17.9 Å². The van der Waals surface area contributed by atoms with Crippen LogP contribution in [0.1, 0.15) is 11.1 Å². The van der Waals surface area contributed by atoms with E-state index in [1.54, 1.807) is 0 Å². The van der Waals surface area contributed by atoms with E-state index in [9.17, 15) is 23.1 Å². The summed E-state index contributed by atoms with van der Waals surface area (Å²) >= 11 is 4.35. The van der Waals surface area contributed by atoms with Gasteiger partial charge in [-0.2, -0.15) is 20.5 Å². The van der Waals surface area contributed by atoms with Crippen LogP contribution in [0.15, 0.2) is 22.7 Å². The normalized spacial score (nSPS) is 11.5. The number of thioether (sulfide) groups is 1. The third-order valence-electron chi connectivity index (χ3n) is 2.01. The molecule has 0 heterocycles. The van der Waals surface area contributed by atoms with Crippen molar-refractivity contribution >= 4 is 35.3 Å². The number of benzene rings is 1. The number of halogens is 3. The van der Waals surface area contributed by atoms with Crippen LogP contribution in [0, 0.1) is 0 Å². The van der Waals surface area contributed by atoms with Crippen molar-refractivity contribution in [3.63, 3.8) is 0 Å². The van der Waals surface area contributed by atoms with E-state index >= 15 is 0 Å². The molecule has 0 aromatic heterocycles. The third-order valence-corrected chi connectivity index (χ3v) is 4.22. The maximum atomic E-state index is 13.3. The molecular weight excluding hydrogens is 383 g/mol. The maximum Gasteiger partial charge on any atom is 1.00 e. The van der Waals surface area contributed by atoms with Crippen molar-refractivity contribution in [3.05, 3.63) is 33.8 Å². The summed E-state index contributed by atoms with van der Waals surface area (Å²) in [6, 6.07) is 3.72. The third kappa shape index (κ3) is 5.99. The second-order valence-corrected chi connectivity index (χ2v) is 6.56. The Morgan fingerprint density at radius 1 is 1.37 bits per heavy atom. The van der Waals surface area contributed by atoms with Crippen molar-refractivity contribution in [3.8, 4) is 0 Å². The second-order valence-electron chi connectivity index (χ2n) is 3.29. The van der Waals surface area contributed by atoms with Gasteiger partial charge in [-0.3, -0.25) is 0 Å². The largest absolute Gasteiger partial charge is 1.00 e. The second kappa shape index (κ2) is 9.26. The minimum atomic E-state index is -6.02. The quantitative estimate of drug-likeness (QED) is 0.392. The Bertz CT molecular complexity index is 473. The van der Waals surface area contributed by atoms with Gasteiger partial charge in [0.25, 0.3) is 5.66 Å². The molecule has 0 bridgehead atoms. The molecular formula is C9H8BrF2Na2O3PS. The molecule has 0 aliphatic carbocycles. The Balaban J connectivity index is 0. The van der Waals surface area contributed by atoms with E-state index in [0.717, 1.165) is 11.6 Å². The molecule has 0 amide bonds. The minimum Gasteiger partial charge on any atom is -0.806 e. The van der Waals surface area contributed by atoms with Gasteiger partial charge >= 0.3 is 59.1 Å². The zero-order valence-electron chi connectivity index (χ0n) is 10.7. The van der Waals surface area contributed by atoms with Crippen molar-refractivity contribution < 1.29 is 82.2 Å². The molecule has 1 rings (SSSR count). The van der Waals surface area contributed by atoms with Crippen LogP contribution in [-0.2, 0) is 16.0 Å². The van der Waals surface area contributed by atoms with Gasteiger partial charge in [-0.15, -0.1) is 0 Å². The van der Waals surface area contributed by atoms with Gasteiger partial charge in [-0.25, -0.2) is 0 Å². The smallest absolute Gasteiger partial charge is 0.806 e. The summed E-state index contributed by atoms with van der Waals surface area (Å²) in [5.74, 6) is 0.608. The van der Waals surface area contributed by atoms with E-state index < -0.39 is 18.8 Å². The van der Waals surface area contributed by atoms with E-state index in [1.165, 1.54) is 23.9 Å². The molecule has 0 spiro atoms. The predicted octanol–water partition coefficient (Wildman–Crippen LogP) is -3.72. The zero-order valence-corrected chi connectivity index (χ0v) is 18.0. The molecule has 0 unspecified atom stereocenters. The Hall–Kier alpha value is 2.06. The predicted molar refractivity (Wildman–Crippen MR) is 62.9 cm³/mol. The van der Waals surface area contributed by atoms with E-state index in [4.69, 9.17) is 0 Å². The van der Waals surface area contributed by atoms with Crippen LogP contribution in [0.3, 0.4) is 0 Å². The molecule has 3 nitrogen and oxygen atoms in total. The van der Waals surface area contributed by atoms with Crippen LogP contribution in [0.5, 0.6) is 0 Å². The van der Waals surface area contributed by atoms with Crippen LogP contribution in [-0.4, -0.2) is 6.26 Å². The summed E-state index contributed by atoms with van der Waals surface area (Å²) in [7, 11) is -6.02. The summed E-state index contributed by atoms with van der Waals surface area (Å²) in [5, 5.41) is 0. The molecule has 10 heteroatoms. The molecule has 0 fully saturated rings. The Labute approximate surface area is 167 Å². The molecule has 0 radical (unpaired) electrons. The van der Waals surface area contributed by atoms with Gasteiger partial charge in [0.2, 0.25) is 0 Å². The molecule has 1 aromatic rings. The van der Waals surface area contributed by atoms with Crippen molar-refractivity contribution in [2.24, 2.45) is 0 Å². The van der Waals surface area contributed by atoms with Crippen molar-refractivity contribution in [1.82, 2.24) is 0 Å². The molecule has 0 aliphatic heterocycles. The SMILES string of the molecule is CSCc1ccc(C(F)(F)P(=O)([O-])[O-])c(Br)c1.[Na+].[Na+]. The average Bonchev–Trinajstić information content (AvgIpc) is 2.16. The first-order valence-electron chi connectivity index (χ1n) is 4.38. The van der Waals surface area contributed by atoms with Crippen LogP contribution in [0.4, 0.5) is 8.78 Å². The summed E-state index contributed by atoms with van der Waals surface area (Å²) in [5.41, 5.74) is -4.46. The van der Waals surface area contributed by atoms with E-state index in [0.29, 0.717) is 5.75 Å². The van der Waals surface area contributed by atoms with Crippen molar-refractivity contribution in [1.29, 1.82) is 0 Å². The zero-order chi connectivity index (χ0) is 13.3. The van der Waals surface area contributed by atoms with E-state index in [-0.39, 0.29) is 63.6 Å². The monoisotopic (exact) mass is 390 g/mol. The van der Waals surface area contributed by atoms with Crippen LogP contribution in [0.2, 0.25) is 0 Å². The number of hydrogen-bond acceptors (Lipinski definition) is 4. The molecule has 0 N–H and O–H groups in total. The van der Waals surface area contributed by atoms with Crippen LogP contribution < -0.4 is 68.9 Å². The fourth-order valence-electron chi connectivity index (χ4n) is 1.21. The van der Waals surface area contributed by atoms with E-state index in [2.05, 4.69) is 15.9 Å². The fraction of sp³-hybridized carbons (Fsp3) is 0.333. The Morgan fingerprint density at radius 3 is 2.26 bits per heavy atom. The van der Waals surface area contributed by atoms with Crippen LogP contribution in [0.25, 0.3) is 0 Å². The fourth-order valence-corrected chi connectivity index (χ4v) is 3.04. The Morgan fingerprint density at radius 2 is 1.89 bits per heavy atom. The summed E-state index contributed by atoms with van der Waals surface area (Å²) in [6.45, 7) is 0. The van der Waals surface area contributed by atoms with Gasteiger partial charge in [0, 0.05) is 23.4 Å². The van der Waals surface area contributed by atoms with Crippen molar-refractivity contribution in [2.45, 2.75) is 11.4 Å². The molecule has 1 aromatic carbocycles. The summed E-state index contributed by atoms with van der Waals surface area (Å²) < 4.78 is 37.1. The van der Waals surface area contributed by atoms with Gasteiger partial charge < -0.3 is 14.4 Å². The van der Waals surface area contributed by atoms with E-state index in [1.807, 2.05) is 6.26 Å². The van der Waals surface area contributed by atoms with Gasteiger partial charge in [0.15, 0.2) is 0 Å². The van der Waals surface area contributed by atoms with Gasteiger partial charge in [-0.1, -0.05) is 28.1 Å². The molecule has 0 saturated heterocycles. The molecule has 0 saturated carbocycles. The van der Waals surface area contributed by atoms with Gasteiger partial charge in [0.05, 0.1) is 0 Å². The summed E-state index contributed by atoms with van der Waals surface area (Å²) in [6.07, 6.45) is 1.85. The molecule has 96 valence electrons. The number of alkyl halides is 2. The molecule has 0 atom stereocenters. The number of rotatable bonds is 4. The standard InChI is InChI=1S/C9H10BrF2O3PS.2Na/c1-17-5-6-2-3-7(8(10)4-6)9(11,12)16(13,14)15;;/h2-4H,5H2,1H3,(H2,13,14,15);;/q;2*+1/p-2. The average molecular weight is 391 g/mol.